The van der Waals surface area contributed by atoms with Crippen LogP contribution >= 0.6 is 27.3 Å². The van der Waals surface area contributed by atoms with Crippen molar-refractivity contribution in [1.29, 1.82) is 0 Å². The lowest BCUT2D eigenvalue weighted by Crippen LogP contribution is -2.19. The van der Waals surface area contributed by atoms with E-state index in [1.54, 1.807) is 11.3 Å². The van der Waals surface area contributed by atoms with E-state index < -0.39 is 5.97 Å². The predicted molar refractivity (Wildman–Crippen MR) is 60.5 cm³/mol. The maximum atomic E-state index is 10.8. The highest BCUT2D eigenvalue weighted by Crippen LogP contribution is 2.25. The van der Waals surface area contributed by atoms with Crippen molar-refractivity contribution < 1.29 is 9.90 Å². The van der Waals surface area contributed by atoms with Crippen molar-refractivity contribution in [1.82, 2.24) is 0 Å². The first-order valence-electron chi connectivity index (χ1n) is 4.30. The van der Waals surface area contributed by atoms with Crippen LogP contribution in [-0.4, -0.2) is 17.6 Å². The summed E-state index contributed by atoms with van der Waals surface area (Å²) in [6.45, 7) is 0.420. The van der Waals surface area contributed by atoms with Crippen LogP contribution in [0, 0.1) is 5.92 Å². The Balaban J connectivity index is 2.59. The van der Waals surface area contributed by atoms with Gasteiger partial charge in [-0.05, 0) is 47.4 Å². The van der Waals surface area contributed by atoms with Crippen LogP contribution in [0.5, 0.6) is 0 Å². The number of carboxylic acids is 1. The zero-order chi connectivity index (χ0) is 10.6. The van der Waals surface area contributed by atoms with E-state index in [9.17, 15) is 4.79 Å². The molecule has 3 nitrogen and oxygen atoms in total. The van der Waals surface area contributed by atoms with Crippen molar-refractivity contribution in [3.63, 3.8) is 0 Å². The van der Waals surface area contributed by atoms with Gasteiger partial charge >= 0.3 is 5.97 Å². The van der Waals surface area contributed by atoms with E-state index in [2.05, 4.69) is 15.9 Å². The van der Waals surface area contributed by atoms with Gasteiger partial charge in [-0.3, -0.25) is 4.79 Å². The lowest BCUT2D eigenvalue weighted by molar-refractivity contribution is -0.141. The second kappa shape index (κ2) is 5.48. The second-order valence-electron chi connectivity index (χ2n) is 3.02. The summed E-state index contributed by atoms with van der Waals surface area (Å²) < 4.78 is 1.03. The first kappa shape index (κ1) is 11.7. The summed E-state index contributed by atoms with van der Waals surface area (Å²) in [7, 11) is 0. The van der Waals surface area contributed by atoms with Crippen molar-refractivity contribution in [3.05, 3.63) is 20.8 Å². The summed E-state index contributed by atoms with van der Waals surface area (Å²) >= 11 is 4.92. The van der Waals surface area contributed by atoms with E-state index in [-0.39, 0.29) is 5.92 Å². The molecular weight excluding hydrogens is 266 g/mol. The van der Waals surface area contributed by atoms with Gasteiger partial charge in [-0.15, -0.1) is 11.3 Å². The maximum absolute atomic E-state index is 10.8. The van der Waals surface area contributed by atoms with Crippen molar-refractivity contribution in [2.75, 3.05) is 6.54 Å². The molecule has 1 aromatic heterocycles. The number of hydrogen-bond donors (Lipinski definition) is 2. The fraction of sp³-hybridized carbons (Fsp3) is 0.444. The van der Waals surface area contributed by atoms with Gasteiger partial charge in [0.25, 0.3) is 0 Å². The summed E-state index contributed by atoms with van der Waals surface area (Å²) in [6, 6.07) is 3.88. The van der Waals surface area contributed by atoms with Crippen LogP contribution in [0.15, 0.2) is 15.9 Å². The molecule has 0 aliphatic carbocycles. The minimum atomic E-state index is -0.764. The molecule has 1 rings (SSSR count). The highest BCUT2D eigenvalue weighted by Gasteiger charge is 2.17. The zero-order valence-corrected chi connectivity index (χ0v) is 9.97. The molecule has 1 unspecified atom stereocenters. The maximum Gasteiger partial charge on any atom is 0.306 e. The Morgan fingerprint density at radius 3 is 2.79 bits per heavy atom. The minimum absolute atomic E-state index is 0.356. The van der Waals surface area contributed by atoms with Gasteiger partial charge in [-0.2, -0.15) is 0 Å². The van der Waals surface area contributed by atoms with E-state index in [1.807, 2.05) is 12.1 Å². The van der Waals surface area contributed by atoms with E-state index in [4.69, 9.17) is 10.8 Å². The SMILES string of the molecule is NCCC(Cc1ccc(Br)s1)C(=O)O. The van der Waals surface area contributed by atoms with Gasteiger partial charge < -0.3 is 10.8 Å². The molecule has 0 aliphatic heterocycles. The van der Waals surface area contributed by atoms with Gasteiger partial charge in [0.1, 0.15) is 0 Å². The number of thiophene rings is 1. The van der Waals surface area contributed by atoms with Crippen molar-refractivity contribution in [2.45, 2.75) is 12.8 Å². The summed E-state index contributed by atoms with van der Waals surface area (Å²) in [5.41, 5.74) is 5.36. The number of nitrogens with two attached hydrogens (primary N) is 1. The predicted octanol–water partition coefficient (Wildman–Crippen LogP) is 2.10. The third-order valence-corrected chi connectivity index (χ3v) is 3.59. The molecule has 0 saturated carbocycles. The number of hydrogen-bond acceptors (Lipinski definition) is 3. The van der Waals surface area contributed by atoms with Crippen LogP contribution in [0.3, 0.4) is 0 Å². The molecule has 0 fully saturated rings. The highest BCUT2D eigenvalue weighted by molar-refractivity contribution is 9.11. The Hall–Kier alpha value is -0.390. The number of carboxylic acid groups (broad SMARTS) is 1. The molecule has 1 heterocycles. The molecule has 0 bridgehead atoms. The van der Waals surface area contributed by atoms with Crippen molar-refractivity contribution in [3.8, 4) is 0 Å². The third kappa shape index (κ3) is 3.40. The normalized spacial score (nSPS) is 12.7. The van der Waals surface area contributed by atoms with E-state index in [1.165, 1.54) is 0 Å². The first-order valence-corrected chi connectivity index (χ1v) is 5.91. The van der Waals surface area contributed by atoms with E-state index in [0.29, 0.717) is 19.4 Å². The molecule has 14 heavy (non-hydrogen) atoms. The average Bonchev–Trinajstić information content (AvgIpc) is 2.50. The first-order chi connectivity index (χ1) is 6.63. The van der Waals surface area contributed by atoms with Gasteiger partial charge in [-0.1, -0.05) is 0 Å². The Kier molecular flexibility index (Phi) is 4.57. The summed E-state index contributed by atoms with van der Waals surface area (Å²) in [6.07, 6.45) is 1.10. The molecule has 1 atom stereocenters. The molecule has 0 aliphatic rings. The fourth-order valence-electron chi connectivity index (χ4n) is 1.22. The van der Waals surface area contributed by atoms with Crippen molar-refractivity contribution in [2.24, 2.45) is 11.7 Å². The Bertz CT molecular complexity index is 314. The Morgan fingerprint density at radius 1 is 1.64 bits per heavy atom. The van der Waals surface area contributed by atoms with Crippen LogP contribution in [0.1, 0.15) is 11.3 Å². The topological polar surface area (TPSA) is 63.3 Å². The number of halogens is 1. The smallest absolute Gasteiger partial charge is 0.306 e. The summed E-state index contributed by atoms with van der Waals surface area (Å²) in [5.74, 6) is -1.12. The van der Waals surface area contributed by atoms with Gasteiger partial charge in [0.2, 0.25) is 0 Å². The van der Waals surface area contributed by atoms with Crippen LogP contribution in [-0.2, 0) is 11.2 Å². The van der Waals surface area contributed by atoms with Crippen LogP contribution < -0.4 is 5.73 Å². The van der Waals surface area contributed by atoms with Gasteiger partial charge in [0, 0.05) is 4.88 Å². The quantitative estimate of drug-likeness (QED) is 0.867. The second-order valence-corrected chi connectivity index (χ2v) is 5.57. The molecular formula is C9H12BrNO2S. The number of rotatable bonds is 5. The Labute approximate surface area is 95.1 Å². The van der Waals surface area contributed by atoms with Crippen LogP contribution in [0.4, 0.5) is 0 Å². The van der Waals surface area contributed by atoms with Gasteiger partial charge in [-0.25, -0.2) is 0 Å². The van der Waals surface area contributed by atoms with Gasteiger partial charge in [0.05, 0.1) is 9.70 Å². The summed E-state index contributed by atoms with van der Waals surface area (Å²) in [5, 5.41) is 8.91. The molecule has 1 aromatic rings. The highest BCUT2D eigenvalue weighted by atomic mass is 79.9. The van der Waals surface area contributed by atoms with Crippen molar-refractivity contribution >= 4 is 33.2 Å². The third-order valence-electron chi connectivity index (χ3n) is 1.94. The average molecular weight is 278 g/mol. The molecule has 3 N–H and O–H groups in total. The molecule has 5 heteroatoms. The monoisotopic (exact) mass is 277 g/mol. The lowest BCUT2D eigenvalue weighted by atomic mass is 10.0. The number of carbonyl (C=O) groups is 1. The fourth-order valence-corrected chi connectivity index (χ4v) is 2.78. The van der Waals surface area contributed by atoms with Crippen LogP contribution in [0.25, 0.3) is 0 Å². The standard InChI is InChI=1S/C9H12BrNO2S/c10-8-2-1-7(14-8)5-6(3-4-11)9(12)13/h1-2,6H,3-5,11H2,(H,12,13). The lowest BCUT2D eigenvalue weighted by Gasteiger charge is -2.08. The van der Waals surface area contributed by atoms with E-state index >= 15 is 0 Å². The summed E-state index contributed by atoms with van der Waals surface area (Å²) in [4.78, 5) is 11.9. The largest absolute Gasteiger partial charge is 0.481 e. The molecule has 0 saturated heterocycles. The van der Waals surface area contributed by atoms with Gasteiger partial charge in [0.15, 0.2) is 0 Å². The van der Waals surface area contributed by atoms with Crippen LogP contribution in [0.2, 0.25) is 0 Å². The number of aliphatic carboxylic acids is 1. The Morgan fingerprint density at radius 2 is 2.36 bits per heavy atom. The zero-order valence-electron chi connectivity index (χ0n) is 7.57. The molecule has 78 valence electrons. The van der Waals surface area contributed by atoms with E-state index in [0.717, 1.165) is 8.66 Å². The molecule has 0 aromatic carbocycles. The minimum Gasteiger partial charge on any atom is -0.481 e. The molecule has 0 amide bonds. The molecule has 0 spiro atoms. The molecule has 0 radical (unpaired) electrons.